The Hall–Kier alpha value is -2.04. The fraction of sp³-hybridized carbons (Fsp3) is 0.600. The van der Waals surface area contributed by atoms with Crippen LogP contribution in [0.1, 0.15) is 45.1 Å². The van der Waals surface area contributed by atoms with E-state index in [1.54, 1.807) is 0 Å². The number of ether oxygens (including phenoxy) is 1. The van der Waals surface area contributed by atoms with Crippen LogP contribution in [0.2, 0.25) is 0 Å². The third-order valence-electron chi connectivity index (χ3n) is 5.44. The minimum absolute atomic E-state index is 0.0198. The Morgan fingerprint density at radius 3 is 2.52 bits per heavy atom. The molecule has 0 spiro atoms. The first-order valence-corrected chi connectivity index (χ1v) is 9.31. The van der Waals surface area contributed by atoms with Crippen LogP contribution in [-0.4, -0.2) is 24.1 Å². The van der Waals surface area contributed by atoms with Crippen LogP contribution in [0.15, 0.2) is 30.3 Å². The Balaban J connectivity index is 1.50. The summed E-state index contributed by atoms with van der Waals surface area (Å²) >= 11 is 0. The zero-order chi connectivity index (χ0) is 17.8. The number of urea groups is 1. The normalized spacial score (nSPS) is 25.6. The number of fused-ring (bicyclic) bond motifs is 2. The van der Waals surface area contributed by atoms with E-state index in [2.05, 4.69) is 10.6 Å². The molecule has 2 aliphatic carbocycles. The maximum atomic E-state index is 12.6. The first-order chi connectivity index (χ1) is 12.0. The van der Waals surface area contributed by atoms with Crippen LogP contribution in [-0.2, 0) is 16.1 Å². The van der Waals surface area contributed by atoms with Gasteiger partial charge in [-0.1, -0.05) is 44.2 Å². The van der Waals surface area contributed by atoms with E-state index in [0.29, 0.717) is 12.5 Å². The van der Waals surface area contributed by atoms with E-state index in [1.807, 2.05) is 44.2 Å². The predicted octanol–water partition coefficient (Wildman–Crippen LogP) is 3.24. The molecule has 0 aliphatic heterocycles. The van der Waals surface area contributed by atoms with Crippen molar-refractivity contribution in [3.05, 3.63) is 35.9 Å². The molecule has 2 saturated carbocycles. The molecule has 136 valence electrons. The Morgan fingerprint density at radius 1 is 1.16 bits per heavy atom. The highest BCUT2D eigenvalue weighted by atomic mass is 16.5. The maximum absolute atomic E-state index is 12.6. The number of esters is 1. The first-order valence-electron chi connectivity index (χ1n) is 9.31. The van der Waals surface area contributed by atoms with Gasteiger partial charge >= 0.3 is 12.0 Å². The summed E-state index contributed by atoms with van der Waals surface area (Å²) in [7, 11) is 0. The van der Waals surface area contributed by atoms with Crippen LogP contribution < -0.4 is 10.6 Å². The second kappa shape index (κ2) is 7.89. The number of hydrogen-bond acceptors (Lipinski definition) is 3. The summed E-state index contributed by atoms with van der Waals surface area (Å²) in [5.41, 5.74) is 1.02. The Morgan fingerprint density at radius 2 is 1.92 bits per heavy atom. The van der Waals surface area contributed by atoms with Crippen molar-refractivity contribution >= 4 is 12.0 Å². The minimum Gasteiger partial charge on any atom is -0.461 e. The molecule has 0 aromatic heterocycles. The molecule has 4 atom stereocenters. The molecule has 3 rings (SSSR count). The predicted molar refractivity (Wildman–Crippen MR) is 95.8 cm³/mol. The highest BCUT2D eigenvalue weighted by molar-refractivity contribution is 5.83. The monoisotopic (exact) mass is 344 g/mol. The molecule has 0 heterocycles. The van der Waals surface area contributed by atoms with Gasteiger partial charge in [0.1, 0.15) is 12.1 Å². The molecule has 1 aromatic carbocycles. The van der Waals surface area contributed by atoms with Gasteiger partial charge in [-0.3, -0.25) is 0 Å². The Labute approximate surface area is 149 Å². The highest BCUT2D eigenvalue weighted by Gasteiger charge is 2.42. The lowest BCUT2D eigenvalue weighted by atomic mass is 9.97. The molecule has 2 amide bonds. The molecule has 2 aliphatic rings. The molecular formula is C20H28N2O3. The summed E-state index contributed by atoms with van der Waals surface area (Å²) in [6, 6.07) is 8.73. The van der Waals surface area contributed by atoms with Crippen molar-refractivity contribution in [1.29, 1.82) is 0 Å². The van der Waals surface area contributed by atoms with Crippen LogP contribution in [0.4, 0.5) is 4.79 Å². The summed E-state index contributed by atoms with van der Waals surface area (Å²) in [4.78, 5) is 24.7. The molecule has 5 heteroatoms. The molecule has 2 N–H and O–H groups in total. The molecular weight excluding hydrogens is 316 g/mol. The fourth-order valence-electron chi connectivity index (χ4n) is 4.02. The third-order valence-corrected chi connectivity index (χ3v) is 5.44. The van der Waals surface area contributed by atoms with Gasteiger partial charge in [0.25, 0.3) is 0 Å². The van der Waals surface area contributed by atoms with Crippen LogP contribution in [0.25, 0.3) is 0 Å². The SMILES string of the molecule is CC(C)[C@H](NC(=O)NCc1ccccc1)C(=O)O[C@H]1C[C@H]2CC[C@H]1C2. The van der Waals surface area contributed by atoms with Gasteiger partial charge in [-0.25, -0.2) is 9.59 Å². The molecule has 2 fully saturated rings. The zero-order valence-corrected chi connectivity index (χ0v) is 15.0. The molecule has 0 unspecified atom stereocenters. The van der Waals surface area contributed by atoms with Crippen molar-refractivity contribution < 1.29 is 14.3 Å². The number of carbonyl (C=O) groups is 2. The lowest BCUT2D eigenvalue weighted by Gasteiger charge is -2.26. The topological polar surface area (TPSA) is 67.4 Å². The quantitative estimate of drug-likeness (QED) is 0.779. The van der Waals surface area contributed by atoms with Gasteiger partial charge < -0.3 is 15.4 Å². The van der Waals surface area contributed by atoms with Gasteiger partial charge in [0, 0.05) is 6.54 Å². The van der Waals surface area contributed by atoms with Gasteiger partial charge in [-0.05, 0) is 49.0 Å². The second-order valence-corrected chi connectivity index (χ2v) is 7.68. The summed E-state index contributed by atoms with van der Waals surface area (Å²) < 4.78 is 5.75. The number of hydrogen-bond donors (Lipinski definition) is 2. The van der Waals surface area contributed by atoms with E-state index < -0.39 is 6.04 Å². The highest BCUT2D eigenvalue weighted by Crippen LogP contribution is 2.46. The summed E-state index contributed by atoms with van der Waals surface area (Å²) in [6.07, 6.45) is 4.66. The number of carbonyl (C=O) groups excluding carboxylic acids is 2. The largest absolute Gasteiger partial charge is 0.461 e. The minimum atomic E-state index is -0.616. The van der Waals surface area contributed by atoms with Gasteiger partial charge in [0.15, 0.2) is 0 Å². The number of amides is 2. The van der Waals surface area contributed by atoms with Crippen LogP contribution in [0, 0.1) is 17.8 Å². The number of rotatable bonds is 6. The Bertz CT molecular complexity index is 602. The number of benzene rings is 1. The van der Waals surface area contributed by atoms with Crippen molar-refractivity contribution in [1.82, 2.24) is 10.6 Å². The van der Waals surface area contributed by atoms with Gasteiger partial charge in [-0.2, -0.15) is 0 Å². The third kappa shape index (κ3) is 4.53. The second-order valence-electron chi connectivity index (χ2n) is 7.68. The average molecular weight is 344 g/mol. The fourth-order valence-corrected chi connectivity index (χ4v) is 4.02. The molecule has 0 radical (unpaired) electrons. The summed E-state index contributed by atoms with van der Waals surface area (Å²) in [5.74, 6) is 0.923. The lowest BCUT2D eigenvalue weighted by Crippen LogP contribution is -2.50. The van der Waals surface area contributed by atoms with E-state index in [1.165, 1.54) is 19.3 Å². The van der Waals surface area contributed by atoms with Gasteiger partial charge in [-0.15, -0.1) is 0 Å². The van der Waals surface area contributed by atoms with Crippen LogP contribution >= 0.6 is 0 Å². The average Bonchev–Trinajstić information content (AvgIpc) is 3.21. The summed E-state index contributed by atoms with van der Waals surface area (Å²) in [6.45, 7) is 4.27. The van der Waals surface area contributed by atoms with E-state index in [-0.39, 0.29) is 24.0 Å². The van der Waals surface area contributed by atoms with Crippen LogP contribution in [0.3, 0.4) is 0 Å². The smallest absolute Gasteiger partial charge is 0.329 e. The molecule has 2 bridgehead atoms. The number of nitrogens with one attached hydrogen (secondary N) is 2. The van der Waals surface area contributed by atoms with Crippen molar-refractivity contribution in [2.24, 2.45) is 17.8 Å². The molecule has 25 heavy (non-hydrogen) atoms. The molecule has 0 saturated heterocycles. The van der Waals surface area contributed by atoms with Crippen molar-refractivity contribution in [2.45, 2.75) is 58.2 Å². The maximum Gasteiger partial charge on any atom is 0.329 e. The van der Waals surface area contributed by atoms with Crippen molar-refractivity contribution in [3.63, 3.8) is 0 Å². The van der Waals surface area contributed by atoms with Crippen molar-refractivity contribution in [2.75, 3.05) is 0 Å². The van der Waals surface area contributed by atoms with E-state index >= 15 is 0 Å². The van der Waals surface area contributed by atoms with Crippen LogP contribution in [0.5, 0.6) is 0 Å². The standard InChI is InChI=1S/C20H28N2O3/c1-13(2)18(19(23)25-17-11-15-8-9-16(17)10-15)22-20(24)21-12-14-6-4-3-5-7-14/h3-7,13,15-18H,8-12H2,1-2H3,(H2,21,22,24)/t15-,16-,17-,18-/m0/s1. The van der Waals surface area contributed by atoms with E-state index in [0.717, 1.165) is 17.9 Å². The van der Waals surface area contributed by atoms with Gasteiger partial charge in [0.2, 0.25) is 0 Å². The van der Waals surface area contributed by atoms with E-state index in [4.69, 9.17) is 4.74 Å². The molecule has 1 aromatic rings. The van der Waals surface area contributed by atoms with E-state index in [9.17, 15) is 9.59 Å². The zero-order valence-electron chi connectivity index (χ0n) is 15.0. The van der Waals surface area contributed by atoms with Gasteiger partial charge in [0.05, 0.1) is 0 Å². The lowest BCUT2D eigenvalue weighted by molar-refractivity contribution is -0.155. The first kappa shape index (κ1) is 17.8. The Kier molecular flexibility index (Phi) is 5.61. The molecule has 5 nitrogen and oxygen atoms in total. The summed E-state index contributed by atoms with van der Waals surface area (Å²) in [5, 5.41) is 5.58. The van der Waals surface area contributed by atoms with Crippen molar-refractivity contribution in [3.8, 4) is 0 Å².